The number of hydrogen-bond acceptors (Lipinski definition) is 1. The summed E-state index contributed by atoms with van der Waals surface area (Å²) in [5.41, 5.74) is 8.06. The van der Waals surface area contributed by atoms with Crippen molar-refractivity contribution in [3.63, 3.8) is 0 Å². The molecule has 1 heterocycles. The van der Waals surface area contributed by atoms with Gasteiger partial charge in [-0.25, -0.2) is 0 Å². The minimum atomic E-state index is 0.382. The fraction of sp³-hybridized carbons (Fsp3) is 0.217. The standard InChI is InChI=1S/C23H23N/c1-16(2)20-12-13-22-21(14-20)15-23(24-22)19-10-8-18(9-11-19)17-6-4-3-5-7-17/h3-14,16,23-24H,15H2,1-2H3. The Morgan fingerprint density at radius 2 is 1.54 bits per heavy atom. The second-order valence-corrected chi connectivity index (χ2v) is 6.96. The molecule has 0 bridgehead atoms. The molecule has 24 heavy (non-hydrogen) atoms. The van der Waals surface area contributed by atoms with E-state index < -0.39 is 0 Å². The van der Waals surface area contributed by atoms with Crippen LogP contribution in [-0.2, 0) is 6.42 Å². The molecule has 1 nitrogen and oxygen atoms in total. The summed E-state index contributed by atoms with van der Waals surface area (Å²) in [6.07, 6.45) is 1.07. The van der Waals surface area contributed by atoms with E-state index in [1.807, 2.05) is 0 Å². The molecule has 0 amide bonds. The molecule has 120 valence electrons. The zero-order valence-corrected chi connectivity index (χ0v) is 14.3. The molecular weight excluding hydrogens is 290 g/mol. The monoisotopic (exact) mass is 313 g/mol. The summed E-state index contributed by atoms with van der Waals surface area (Å²) in [6, 6.07) is 26.8. The van der Waals surface area contributed by atoms with Crippen LogP contribution in [0.15, 0.2) is 72.8 Å². The maximum Gasteiger partial charge on any atom is 0.0555 e. The van der Waals surface area contributed by atoms with Crippen molar-refractivity contribution in [1.29, 1.82) is 0 Å². The predicted molar refractivity (Wildman–Crippen MR) is 102 cm³/mol. The molecule has 0 radical (unpaired) electrons. The van der Waals surface area contributed by atoms with Crippen LogP contribution >= 0.6 is 0 Å². The lowest BCUT2D eigenvalue weighted by Gasteiger charge is -2.12. The third kappa shape index (κ3) is 2.82. The first-order valence-electron chi connectivity index (χ1n) is 8.75. The Labute approximate surface area is 144 Å². The highest BCUT2D eigenvalue weighted by atomic mass is 14.9. The summed E-state index contributed by atoms with van der Waals surface area (Å²) >= 11 is 0. The molecule has 1 unspecified atom stereocenters. The Bertz CT molecular complexity index is 832. The molecule has 0 fully saturated rings. The lowest BCUT2D eigenvalue weighted by Crippen LogP contribution is -2.05. The average molecular weight is 313 g/mol. The van der Waals surface area contributed by atoms with Gasteiger partial charge in [-0.05, 0) is 46.2 Å². The number of anilines is 1. The third-order valence-corrected chi connectivity index (χ3v) is 4.97. The first kappa shape index (κ1) is 15.0. The minimum Gasteiger partial charge on any atom is -0.378 e. The normalized spacial score (nSPS) is 16.0. The Balaban J connectivity index is 1.55. The SMILES string of the molecule is CC(C)c1ccc2c(c1)CC(c1ccc(-c3ccccc3)cc1)N2. The van der Waals surface area contributed by atoms with E-state index in [-0.39, 0.29) is 0 Å². The van der Waals surface area contributed by atoms with E-state index in [1.165, 1.54) is 33.5 Å². The first-order chi connectivity index (χ1) is 11.7. The van der Waals surface area contributed by atoms with E-state index in [0.29, 0.717) is 12.0 Å². The van der Waals surface area contributed by atoms with Crippen LogP contribution in [0.3, 0.4) is 0 Å². The molecule has 0 aromatic heterocycles. The van der Waals surface area contributed by atoms with Gasteiger partial charge in [-0.15, -0.1) is 0 Å². The van der Waals surface area contributed by atoms with Crippen LogP contribution in [0.25, 0.3) is 11.1 Å². The number of benzene rings is 3. The fourth-order valence-electron chi connectivity index (χ4n) is 3.48. The van der Waals surface area contributed by atoms with Gasteiger partial charge in [0.25, 0.3) is 0 Å². The van der Waals surface area contributed by atoms with Gasteiger partial charge >= 0.3 is 0 Å². The van der Waals surface area contributed by atoms with E-state index in [1.54, 1.807) is 0 Å². The Hall–Kier alpha value is -2.54. The molecule has 1 N–H and O–H groups in total. The molecule has 1 aliphatic heterocycles. The van der Waals surface area contributed by atoms with Crippen molar-refractivity contribution in [2.24, 2.45) is 0 Å². The molecule has 3 aromatic rings. The van der Waals surface area contributed by atoms with Gasteiger partial charge in [-0.1, -0.05) is 80.6 Å². The summed E-state index contributed by atoms with van der Waals surface area (Å²) in [5.74, 6) is 0.583. The second-order valence-electron chi connectivity index (χ2n) is 6.96. The van der Waals surface area contributed by atoms with E-state index in [0.717, 1.165) is 6.42 Å². The molecule has 1 aliphatic rings. The van der Waals surface area contributed by atoms with Crippen molar-refractivity contribution < 1.29 is 0 Å². The summed E-state index contributed by atoms with van der Waals surface area (Å²) < 4.78 is 0. The lowest BCUT2D eigenvalue weighted by molar-refractivity contribution is 0.819. The summed E-state index contributed by atoms with van der Waals surface area (Å²) in [6.45, 7) is 4.51. The molecule has 0 saturated carbocycles. The third-order valence-electron chi connectivity index (χ3n) is 4.97. The quantitative estimate of drug-likeness (QED) is 0.608. The molecule has 0 saturated heterocycles. The number of rotatable bonds is 3. The highest BCUT2D eigenvalue weighted by Gasteiger charge is 2.22. The smallest absolute Gasteiger partial charge is 0.0555 e. The van der Waals surface area contributed by atoms with Gasteiger partial charge in [0.05, 0.1) is 6.04 Å². The van der Waals surface area contributed by atoms with Crippen LogP contribution in [0, 0.1) is 0 Å². The Morgan fingerprint density at radius 1 is 0.833 bits per heavy atom. The van der Waals surface area contributed by atoms with Gasteiger partial charge in [-0.3, -0.25) is 0 Å². The largest absolute Gasteiger partial charge is 0.378 e. The molecule has 1 atom stereocenters. The minimum absolute atomic E-state index is 0.382. The molecule has 0 spiro atoms. The van der Waals surface area contributed by atoms with Gasteiger partial charge in [0.15, 0.2) is 0 Å². The van der Waals surface area contributed by atoms with Crippen LogP contribution in [0.4, 0.5) is 5.69 Å². The van der Waals surface area contributed by atoms with E-state index in [2.05, 4.69) is 92.0 Å². The van der Waals surface area contributed by atoms with Crippen molar-refractivity contribution in [3.8, 4) is 11.1 Å². The van der Waals surface area contributed by atoms with Crippen molar-refractivity contribution in [2.75, 3.05) is 5.32 Å². The number of fused-ring (bicyclic) bond motifs is 1. The van der Waals surface area contributed by atoms with E-state index in [9.17, 15) is 0 Å². The van der Waals surface area contributed by atoms with E-state index in [4.69, 9.17) is 0 Å². The van der Waals surface area contributed by atoms with Crippen LogP contribution in [0.1, 0.15) is 42.5 Å². The molecule has 1 heteroatoms. The predicted octanol–water partition coefficient (Wildman–Crippen LogP) is 6.19. The van der Waals surface area contributed by atoms with Crippen molar-refractivity contribution >= 4 is 5.69 Å². The van der Waals surface area contributed by atoms with E-state index >= 15 is 0 Å². The number of nitrogens with one attached hydrogen (secondary N) is 1. The van der Waals surface area contributed by atoms with Crippen molar-refractivity contribution in [3.05, 3.63) is 89.5 Å². The summed E-state index contributed by atoms with van der Waals surface area (Å²) in [4.78, 5) is 0. The van der Waals surface area contributed by atoms with Gasteiger partial charge in [0.1, 0.15) is 0 Å². The van der Waals surface area contributed by atoms with Crippen LogP contribution in [-0.4, -0.2) is 0 Å². The van der Waals surface area contributed by atoms with Gasteiger partial charge in [0, 0.05) is 5.69 Å². The number of hydrogen-bond donors (Lipinski definition) is 1. The van der Waals surface area contributed by atoms with Gasteiger partial charge in [0.2, 0.25) is 0 Å². The molecule has 3 aromatic carbocycles. The average Bonchev–Trinajstić information content (AvgIpc) is 3.06. The van der Waals surface area contributed by atoms with Crippen molar-refractivity contribution in [2.45, 2.75) is 32.2 Å². The lowest BCUT2D eigenvalue weighted by atomic mass is 9.96. The fourth-order valence-corrected chi connectivity index (χ4v) is 3.48. The zero-order chi connectivity index (χ0) is 16.5. The Kier molecular flexibility index (Phi) is 3.86. The molecular formula is C23H23N. The molecule has 0 aliphatic carbocycles. The Morgan fingerprint density at radius 3 is 2.25 bits per heavy atom. The van der Waals surface area contributed by atoms with Gasteiger partial charge in [-0.2, -0.15) is 0 Å². The highest BCUT2D eigenvalue weighted by molar-refractivity contribution is 5.65. The van der Waals surface area contributed by atoms with Gasteiger partial charge < -0.3 is 5.32 Å². The maximum atomic E-state index is 3.68. The first-order valence-corrected chi connectivity index (χ1v) is 8.75. The summed E-state index contributed by atoms with van der Waals surface area (Å²) in [5, 5.41) is 3.68. The van der Waals surface area contributed by atoms with Crippen LogP contribution in [0.2, 0.25) is 0 Å². The van der Waals surface area contributed by atoms with Crippen LogP contribution in [0.5, 0.6) is 0 Å². The topological polar surface area (TPSA) is 12.0 Å². The van der Waals surface area contributed by atoms with Crippen molar-refractivity contribution in [1.82, 2.24) is 0 Å². The maximum absolute atomic E-state index is 3.68. The van der Waals surface area contributed by atoms with Crippen LogP contribution < -0.4 is 5.32 Å². The summed E-state index contributed by atoms with van der Waals surface area (Å²) in [7, 11) is 0. The second kappa shape index (κ2) is 6.16. The zero-order valence-electron chi connectivity index (χ0n) is 14.3. The highest BCUT2D eigenvalue weighted by Crippen LogP contribution is 2.36. The molecule has 4 rings (SSSR count).